The number of hydrogen-bond acceptors (Lipinski definition) is 10. The van der Waals surface area contributed by atoms with Crippen molar-refractivity contribution >= 4 is 23.5 Å². The van der Waals surface area contributed by atoms with Gasteiger partial charge in [0.25, 0.3) is 0 Å². The number of ether oxygens (including phenoxy) is 1. The molecular weight excluding hydrogens is 624 g/mol. The number of carbonyl (C=O) groups is 1. The van der Waals surface area contributed by atoms with Crippen molar-refractivity contribution in [2.24, 2.45) is 17.3 Å². The lowest BCUT2D eigenvalue weighted by atomic mass is 9.55. The number of carbonyl (C=O) groups excluding carboxylic acids is 1. The van der Waals surface area contributed by atoms with E-state index in [4.69, 9.17) is 21.4 Å². The van der Waals surface area contributed by atoms with Gasteiger partial charge in [0.15, 0.2) is 0 Å². The summed E-state index contributed by atoms with van der Waals surface area (Å²) in [5.74, 6) is -0.622. The summed E-state index contributed by atoms with van der Waals surface area (Å²) >= 11 is 5.91. The Morgan fingerprint density at radius 2 is 1.76 bits per heavy atom. The first-order valence-corrected chi connectivity index (χ1v) is 16.4. The number of halogens is 3. The summed E-state index contributed by atoms with van der Waals surface area (Å²) in [7, 11) is 0. The molecule has 1 spiro atoms. The van der Waals surface area contributed by atoms with Crippen molar-refractivity contribution in [3.05, 3.63) is 46.7 Å². The maximum absolute atomic E-state index is 14.9. The van der Waals surface area contributed by atoms with Crippen LogP contribution in [0, 0.1) is 28.9 Å². The summed E-state index contributed by atoms with van der Waals surface area (Å²) in [5, 5.41) is 41.8. The molecule has 3 aliphatic rings. The minimum Gasteiger partial charge on any atom is -0.493 e. The third-order valence-electron chi connectivity index (χ3n) is 9.99. The zero-order valence-electron chi connectivity index (χ0n) is 25.8. The van der Waals surface area contributed by atoms with E-state index in [1.165, 1.54) is 4.90 Å². The van der Waals surface area contributed by atoms with Gasteiger partial charge in [0.05, 0.1) is 42.7 Å². The standard InChI is InChI=1S/C32H44ClF2N5O6/c33-22-15-37-31(38-16-22)39-7-5-32(6-8-39)4-1-21(32)3-10-46-23-11-25(34)24(26(35)12-23)13-29(44)40-18-20(19-40)14-36-17-28(43)30(45)27(42)2-9-41/h11-12,15-16,20-21,27-28,30,36,41-43,45H,1-10,13-14,17-19H2/t21?,27-,28+,30+/m1/s1. The number of aliphatic hydroxyl groups is 4. The highest BCUT2D eigenvalue weighted by Gasteiger charge is 2.47. The zero-order chi connectivity index (χ0) is 32.8. The fourth-order valence-corrected chi connectivity index (χ4v) is 7.02. The summed E-state index contributed by atoms with van der Waals surface area (Å²) in [5.41, 5.74) is -0.0285. The van der Waals surface area contributed by atoms with Crippen molar-refractivity contribution in [1.82, 2.24) is 20.2 Å². The molecule has 11 nitrogen and oxygen atoms in total. The second kappa shape index (κ2) is 15.5. The molecule has 2 aromatic rings. The van der Waals surface area contributed by atoms with Crippen LogP contribution in [-0.2, 0) is 11.2 Å². The number of piperidine rings is 1. The average Bonchev–Trinajstić information content (AvgIpc) is 3.01. The maximum Gasteiger partial charge on any atom is 0.227 e. The molecule has 0 radical (unpaired) electrons. The minimum atomic E-state index is -1.39. The number of rotatable bonds is 15. The Morgan fingerprint density at radius 1 is 1.09 bits per heavy atom. The Labute approximate surface area is 272 Å². The molecule has 14 heteroatoms. The van der Waals surface area contributed by atoms with Crippen LogP contribution in [-0.4, -0.2) is 112 Å². The van der Waals surface area contributed by atoms with E-state index in [-0.39, 0.29) is 48.1 Å². The van der Waals surface area contributed by atoms with Crippen LogP contribution >= 0.6 is 11.6 Å². The fourth-order valence-electron chi connectivity index (χ4n) is 6.92. The average molecular weight is 668 g/mol. The van der Waals surface area contributed by atoms with Gasteiger partial charge in [-0.25, -0.2) is 18.7 Å². The largest absolute Gasteiger partial charge is 0.493 e. The van der Waals surface area contributed by atoms with Crippen LogP contribution in [0.2, 0.25) is 5.02 Å². The second-order valence-corrected chi connectivity index (χ2v) is 13.4. The topological polar surface area (TPSA) is 152 Å². The molecule has 2 saturated heterocycles. The van der Waals surface area contributed by atoms with E-state index in [1.54, 1.807) is 12.4 Å². The molecule has 5 rings (SSSR count). The molecule has 3 fully saturated rings. The van der Waals surface area contributed by atoms with E-state index in [1.807, 2.05) is 0 Å². The third kappa shape index (κ3) is 8.23. The highest BCUT2D eigenvalue weighted by atomic mass is 35.5. The van der Waals surface area contributed by atoms with Gasteiger partial charge in [0.1, 0.15) is 23.5 Å². The normalized spacial score (nSPS) is 21.4. The Hall–Kier alpha value is -2.68. The van der Waals surface area contributed by atoms with Gasteiger partial charge in [0, 0.05) is 69.5 Å². The molecule has 5 N–H and O–H groups in total. The van der Waals surface area contributed by atoms with Crippen LogP contribution in [0.4, 0.5) is 14.7 Å². The molecule has 1 amide bonds. The van der Waals surface area contributed by atoms with Crippen LogP contribution in [0.3, 0.4) is 0 Å². The molecule has 1 saturated carbocycles. The van der Waals surface area contributed by atoms with Gasteiger partial charge in [0.2, 0.25) is 11.9 Å². The molecular formula is C32H44ClF2N5O6. The van der Waals surface area contributed by atoms with Gasteiger partial charge in [-0.1, -0.05) is 11.6 Å². The van der Waals surface area contributed by atoms with E-state index in [9.17, 15) is 28.9 Å². The SMILES string of the molecule is O=C(Cc1c(F)cc(OCCC2CCC23CCN(c2ncc(Cl)cn2)CC3)cc1F)N1CC(CNC[C@H](O)[C@@H](O)[C@H](O)CCO)C1. The second-order valence-electron chi connectivity index (χ2n) is 12.9. The molecule has 2 aliphatic heterocycles. The van der Waals surface area contributed by atoms with Crippen molar-refractivity contribution in [1.29, 1.82) is 0 Å². The van der Waals surface area contributed by atoms with Crippen LogP contribution < -0.4 is 15.0 Å². The van der Waals surface area contributed by atoms with Crippen molar-refractivity contribution in [3.63, 3.8) is 0 Å². The molecule has 1 aromatic carbocycles. The first-order chi connectivity index (χ1) is 22.1. The van der Waals surface area contributed by atoms with Gasteiger partial charge < -0.3 is 40.3 Å². The lowest BCUT2D eigenvalue weighted by Gasteiger charge is -2.54. The molecule has 1 aromatic heterocycles. The van der Waals surface area contributed by atoms with E-state index in [0.29, 0.717) is 43.1 Å². The number of likely N-dealkylation sites (tertiary alicyclic amines) is 1. The van der Waals surface area contributed by atoms with Crippen LogP contribution in [0.25, 0.3) is 0 Å². The van der Waals surface area contributed by atoms with Crippen LogP contribution in [0.15, 0.2) is 24.5 Å². The van der Waals surface area contributed by atoms with E-state index in [0.717, 1.165) is 57.3 Å². The summed E-state index contributed by atoms with van der Waals surface area (Å²) in [6.07, 6.45) is 4.10. The van der Waals surface area contributed by atoms with Crippen LogP contribution in [0.1, 0.15) is 44.1 Å². The smallest absolute Gasteiger partial charge is 0.227 e. The molecule has 1 aliphatic carbocycles. The monoisotopic (exact) mass is 667 g/mol. The zero-order valence-corrected chi connectivity index (χ0v) is 26.6. The molecule has 0 bridgehead atoms. The minimum absolute atomic E-state index is 0.0280. The number of benzene rings is 1. The predicted molar refractivity (Wildman–Crippen MR) is 166 cm³/mol. The third-order valence-corrected chi connectivity index (χ3v) is 10.2. The first-order valence-electron chi connectivity index (χ1n) is 16.1. The number of amides is 1. The quantitative estimate of drug-likeness (QED) is 0.191. The Morgan fingerprint density at radius 3 is 2.37 bits per heavy atom. The summed E-state index contributed by atoms with van der Waals surface area (Å²) < 4.78 is 35.6. The predicted octanol–water partition coefficient (Wildman–Crippen LogP) is 1.93. The Balaban J connectivity index is 1.01. The number of nitrogens with zero attached hydrogens (tertiary/aromatic N) is 4. The lowest BCUT2D eigenvalue weighted by molar-refractivity contribution is -0.136. The van der Waals surface area contributed by atoms with Crippen molar-refractivity contribution < 1.29 is 38.7 Å². The summed E-state index contributed by atoms with van der Waals surface area (Å²) in [4.78, 5) is 25.1. The molecule has 254 valence electrons. The van der Waals surface area contributed by atoms with Gasteiger partial charge in [-0.3, -0.25) is 4.79 Å². The number of aliphatic hydroxyl groups excluding tert-OH is 4. The van der Waals surface area contributed by atoms with E-state index < -0.39 is 36.4 Å². The van der Waals surface area contributed by atoms with E-state index >= 15 is 0 Å². The lowest BCUT2D eigenvalue weighted by Crippen LogP contribution is -2.54. The number of hydrogen-bond donors (Lipinski definition) is 5. The molecule has 1 unspecified atom stereocenters. The molecule has 4 atom stereocenters. The highest BCUT2D eigenvalue weighted by Crippen LogP contribution is 2.55. The molecule has 46 heavy (non-hydrogen) atoms. The van der Waals surface area contributed by atoms with Gasteiger partial charge in [-0.05, 0) is 49.9 Å². The maximum atomic E-state index is 14.9. The highest BCUT2D eigenvalue weighted by molar-refractivity contribution is 6.30. The van der Waals surface area contributed by atoms with Crippen molar-refractivity contribution in [3.8, 4) is 5.75 Å². The first kappa shape index (κ1) is 34.6. The van der Waals surface area contributed by atoms with Crippen molar-refractivity contribution in [2.45, 2.75) is 63.3 Å². The van der Waals surface area contributed by atoms with Crippen LogP contribution in [0.5, 0.6) is 5.75 Å². The van der Waals surface area contributed by atoms with E-state index in [2.05, 4.69) is 20.2 Å². The van der Waals surface area contributed by atoms with Crippen molar-refractivity contribution in [2.75, 3.05) is 57.4 Å². The summed E-state index contributed by atoms with van der Waals surface area (Å²) in [6.45, 7) is 3.08. The Kier molecular flexibility index (Phi) is 11.7. The van der Waals surface area contributed by atoms with Gasteiger partial charge in [-0.15, -0.1) is 0 Å². The fraction of sp³-hybridized carbons (Fsp3) is 0.656. The number of anilines is 1. The summed E-state index contributed by atoms with van der Waals surface area (Å²) in [6, 6.07) is 2.29. The number of nitrogens with one attached hydrogen (secondary N) is 1. The van der Waals surface area contributed by atoms with Gasteiger partial charge >= 0.3 is 0 Å². The van der Waals surface area contributed by atoms with Gasteiger partial charge in [-0.2, -0.15) is 0 Å². The Bertz CT molecular complexity index is 1290. The molecule has 3 heterocycles. The number of aromatic nitrogens is 2.